The number of aliphatic carboxylic acids is 1. The Balaban J connectivity index is 1.50. The lowest BCUT2D eigenvalue weighted by atomic mass is 9.97. The van der Waals surface area contributed by atoms with E-state index in [0.717, 1.165) is 18.7 Å². The van der Waals surface area contributed by atoms with Gasteiger partial charge in [0, 0.05) is 37.9 Å². The number of carbonyl (C=O) groups excluding carboxylic acids is 1. The van der Waals surface area contributed by atoms with Crippen molar-refractivity contribution in [1.29, 1.82) is 0 Å². The third-order valence-electron chi connectivity index (χ3n) is 4.92. The number of nitrogens with zero attached hydrogens (tertiary/aromatic N) is 2. The number of urea groups is 1. The van der Waals surface area contributed by atoms with Crippen LogP contribution in [0.1, 0.15) is 19.3 Å². The van der Waals surface area contributed by atoms with E-state index in [1.54, 1.807) is 11.0 Å². The molecular weight excluding hydrogens is 349 g/mol. The molecule has 2 aliphatic heterocycles. The molecule has 2 heterocycles. The van der Waals surface area contributed by atoms with Gasteiger partial charge >= 0.3 is 12.0 Å². The van der Waals surface area contributed by atoms with Gasteiger partial charge in [0.2, 0.25) is 0 Å². The molecule has 0 aliphatic carbocycles. The average Bonchev–Trinajstić information content (AvgIpc) is 3.06. The Morgan fingerprint density at radius 2 is 1.92 bits per heavy atom. The highest BCUT2D eigenvalue weighted by atomic mass is 35.5. The standard InChI is InChI=1S/C17H21ClFN3O3/c18-14-2-1-13(9-15(14)19)22-8-5-12(10-22)20-17(25)21-6-3-11(4-7-21)16(23)24/h1-2,9,11-12H,3-8,10H2,(H,20,25)(H,23,24). The van der Waals surface area contributed by atoms with Crippen molar-refractivity contribution in [2.24, 2.45) is 5.92 Å². The monoisotopic (exact) mass is 369 g/mol. The highest BCUT2D eigenvalue weighted by Crippen LogP contribution is 2.25. The number of rotatable bonds is 3. The van der Waals surface area contributed by atoms with Crippen LogP contribution in [-0.2, 0) is 4.79 Å². The van der Waals surface area contributed by atoms with Gasteiger partial charge in [-0.1, -0.05) is 11.6 Å². The first kappa shape index (κ1) is 17.8. The van der Waals surface area contributed by atoms with Gasteiger partial charge in [-0.05, 0) is 37.5 Å². The van der Waals surface area contributed by atoms with Gasteiger partial charge in [0.05, 0.1) is 10.9 Å². The van der Waals surface area contributed by atoms with Gasteiger partial charge < -0.3 is 20.2 Å². The van der Waals surface area contributed by atoms with Crippen LogP contribution >= 0.6 is 11.6 Å². The third kappa shape index (κ3) is 4.15. The summed E-state index contributed by atoms with van der Waals surface area (Å²) >= 11 is 5.71. The third-order valence-corrected chi connectivity index (χ3v) is 5.22. The Hall–Kier alpha value is -2.02. The summed E-state index contributed by atoms with van der Waals surface area (Å²) in [6.07, 6.45) is 1.76. The summed E-state index contributed by atoms with van der Waals surface area (Å²) in [7, 11) is 0. The van der Waals surface area contributed by atoms with Crippen LogP contribution in [-0.4, -0.2) is 54.2 Å². The topological polar surface area (TPSA) is 72.9 Å². The molecule has 3 rings (SSSR count). The van der Waals surface area contributed by atoms with E-state index in [1.807, 2.05) is 4.90 Å². The van der Waals surface area contributed by atoms with E-state index in [2.05, 4.69) is 5.32 Å². The largest absolute Gasteiger partial charge is 0.481 e. The molecule has 136 valence electrons. The van der Waals surface area contributed by atoms with Gasteiger partial charge in [0.15, 0.2) is 0 Å². The number of nitrogens with one attached hydrogen (secondary N) is 1. The number of piperidine rings is 1. The van der Waals surface area contributed by atoms with Crippen molar-refractivity contribution >= 4 is 29.3 Å². The summed E-state index contributed by atoms with van der Waals surface area (Å²) in [5, 5.41) is 12.1. The minimum atomic E-state index is -0.790. The number of anilines is 1. The van der Waals surface area contributed by atoms with Gasteiger partial charge in [0.1, 0.15) is 5.82 Å². The zero-order valence-corrected chi connectivity index (χ0v) is 14.5. The predicted molar refractivity (Wildman–Crippen MR) is 92.5 cm³/mol. The number of carboxylic acids is 1. The van der Waals surface area contributed by atoms with Crippen molar-refractivity contribution < 1.29 is 19.1 Å². The second kappa shape index (κ2) is 7.47. The van der Waals surface area contributed by atoms with Crippen molar-refractivity contribution in [1.82, 2.24) is 10.2 Å². The maximum absolute atomic E-state index is 13.6. The maximum atomic E-state index is 13.6. The quantitative estimate of drug-likeness (QED) is 0.858. The van der Waals surface area contributed by atoms with Crippen LogP contribution in [0, 0.1) is 11.7 Å². The highest BCUT2D eigenvalue weighted by molar-refractivity contribution is 6.30. The zero-order chi connectivity index (χ0) is 18.0. The molecule has 2 amide bonds. The van der Waals surface area contributed by atoms with Gasteiger partial charge in [-0.2, -0.15) is 0 Å². The molecule has 2 aliphatic rings. The SMILES string of the molecule is O=C(O)C1CCN(C(=O)NC2CCN(c3ccc(Cl)c(F)c3)C2)CC1. The first-order chi connectivity index (χ1) is 11.9. The molecule has 1 atom stereocenters. The number of likely N-dealkylation sites (tertiary alicyclic amines) is 1. The Labute approximate surface area is 150 Å². The first-order valence-corrected chi connectivity index (χ1v) is 8.80. The van der Waals surface area contributed by atoms with Gasteiger partial charge in [-0.15, -0.1) is 0 Å². The summed E-state index contributed by atoms with van der Waals surface area (Å²) in [5.41, 5.74) is 0.751. The van der Waals surface area contributed by atoms with E-state index in [4.69, 9.17) is 16.7 Å². The normalized spacial score (nSPS) is 21.4. The fourth-order valence-corrected chi connectivity index (χ4v) is 3.51. The summed E-state index contributed by atoms with van der Waals surface area (Å²) < 4.78 is 13.6. The van der Waals surface area contributed by atoms with Gasteiger partial charge in [0.25, 0.3) is 0 Å². The first-order valence-electron chi connectivity index (χ1n) is 8.42. The molecule has 1 aromatic carbocycles. The Bertz CT molecular complexity index is 665. The van der Waals surface area contributed by atoms with Crippen LogP contribution < -0.4 is 10.2 Å². The summed E-state index contributed by atoms with van der Waals surface area (Å²) in [4.78, 5) is 27.0. The summed E-state index contributed by atoms with van der Waals surface area (Å²) in [5.74, 6) is -1.60. The van der Waals surface area contributed by atoms with Crippen molar-refractivity contribution in [3.63, 3.8) is 0 Å². The van der Waals surface area contributed by atoms with Crippen LogP contribution in [0.5, 0.6) is 0 Å². The lowest BCUT2D eigenvalue weighted by Gasteiger charge is -2.31. The molecule has 0 radical (unpaired) electrons. The molecule has 2 fully saturated rings. The number of benzene rings is 1. The van der Waals surface area contributed by atoms with E-state index in [0.29, 0.717) is 32.5 Å². The molecule has 8 heteroatoms. The lowest BCUT2D eigenvalue weighted by Crippen LogP contribution is -2.49. The van der Waals surface area contributed by atoms with E-state index >= 15 is 0 Å². The second-order valence-corrected chi connectivity index (χ2v) is 6.99. The van der Waals surface area contributed by atoms with Crippen molar-refractivity contribution in [3.05, 3.63) is 29.0 Å². The molecule has 0 aromatic heterocycles. The number of halogens is 2. The predicted octanol–water partition coefficient (Wildman–Crippen LogP) is 2.56. The molecule has 2 saturated heterocycles. The van der Waals surface area contributed by atoms with Gasteiger partial charge in [-0.3, -0.25) is 4.79 Å². The van der Waals surface area contributed by atoms with Crippen molar-refractivity contribution in [2.75, 3.05) is 31.1 Å². The number of amides is 2. The van der Waals surface area contributed by atoms with E-state index in [1.165, 1.54) is 12.1 Å². The number of carboxylic acid groups (broad SMARTS) is 1. The second-order valence-electron chi connectivity index (χ2n) is 6.58. The Kier molecular flexibility index (Phi) is 5.32. The molecule has 0 bridgehead atoms. The van der Waals surface area contributed by atoms with Crippen LogP contribution in [0.3, 0.4) is 0 Å². The van der Waals surface area contributed by atoms with Crippen LogP contribution in [0.25, 0.3) is 0 Å². The molecule has 2 N–H and O–H groups in total. The molecule has 0 saturated carbocycles. The zero-order valence-electron chi connectivity index (χ0n) is 13.8. The maximum Gasteiger partial charge on any atom is 0.317 e. The molecule has 1 aromatic rings. The van der Waals surface area contributed by atoms with E-state index < -0.39 is 11.8 Å². The fraction of sp³-hybridized carbons (Fsp3) is 0.529. The molecule has 0 spiro atoms. The molecule has 25 heavy (non-hydrogen) atoms. The lowest BCUT2D eigenvalue weighted by molar-refractivity contribution is -0.143. The Morgan fingerprint density at radius 1 is 1.20 bits per heavy atom. The minimum Gasteiger partial charge on any atom is -0.481 e. The number of hydrogen-bond donors (Lipinski definition) is 2. The summed E-state index contributed by atoms with van der Waals surface area (Å²) in [6, 6.07) is 4.54. The van der Waals surface area contributed by atoms with Crippen molar-refractivity contribution in [2.45, 2.75) is 25.3 Å². The Morgan fingerprint density at radius 3 is 2.56 bits per heavy atom. The van der Waals surface area contributed by atoms with Gasteiger partial charge in [-0.25, -0.2) is 9.18 Å². The van der Waals surface area contributed by atoms with Crippen molar-refractivity contribution in [3.8, 4) is 0 Å². The number of carbonyl (C=O) groups is 2. The van der Waals surface area contributed by atoms with E-state index in [-0.39, 0.29) is 23.0 Å². The molecule has 1 unspecified atom stereocenters. The smallest absolute Gasteiger partial charge is 0.317 e. The molecule has 6 nitrogen and oxygen atoms in total. The number of hydrogen-bond acceptors (Lipinski definition) is 3. The van der Waals surface area contributed by atoms with Crippen LogP contribution in [0.15, 0.2) is 18.2 Å². The van der Waals surface area contributed by atoms with Crippen LogP contribution in [0.2, 0.25) is 5.02 Å². The van der Waals surface area contributed by atoms with Crippen LogP contribution in [0.4, 0.5) is 14.9 Å². The fourth-order valence-electron chi connectivity index (χ4n) is 3.39. The average molecular weight is 370 g/mol. The highest BCUT2D eigenvalue weighted by Gasteiger charge is 2.30. The minimum absolute atomic E-state index is 0.0107. The summed E-state index contributed by atoms with van der Waals surface area (Å²) in [6.45, 7) is 2.26. The molecular formula is C17H21ClFN3O3. The van der Waals surface area contributed by atoms with E-state index in [9.17, 15) is 14.0 Å².